The molecule has 0 radical (unpaired) electrons. The van der Waals surface area contributed by atoms with E-state index in [9.17, 15) is 0 Å². The predicted molar refractivity (Wildman–Crippen MR) is 106 cm³/mol. The Morgan fingerprint density at radius 2 is 1.09 bits per heavy atom. The lowest BCUT2D eigenvalue weighted by molar-refractivity contribution is 0.730. The Labute approximate surface area is 142 Å². The standard InChI is InChI=1S/C20H23BrSi/c1-20(2,3)22(4,5)19-16-12-8-6-10-14(16)18(21)15-11-7-9-13-17(15)19/h6-13H,1-5H3. The molecule has 0 heterocycles. The zero-order valence-electron chi connectivity index (χ0n) is 14.0. The molecule has 0 amide bonds. The first-order valence-corrected chi connectivity index (χ1v) is 11.6. The van der Waals surface area contributed by atoms with Gasteiger partial charge in [0.05, 0.1) is 8.07 Å². The topological polar surface area (TPSA) is 0 Å². The van der Waals surface area contributed by atoms with Crippen molar-refractivity contribution >= 4 is 50.7 Å². The molecule has 22 heavy (non-hydrogen) atoms. The van der Waals surface area contributed by atoms with Crippen molar-refractivity contribution in [3.05, 3.63) is 53.0 Å². The minimum atomic E-state index is -1.65. The van der Waals surface area contributed by atoms with E-state index in [-0.39, 0.29) is 0 Å². The summed E-state index contributed by atoms with van der Waals surface area (Å²) < 4.78 is 1.22. The fourth-order valence-electron chi connectivity index (χ4n) is 3.12. The number of halogens is 1. The van der Waals surface area contributed by atoms with E-state index in [1.807, 2.05) is 0 Å². The van der Waals surface area contributed by atoms with Gasteiger partial charge < -0.3 is 0 Å². The van der Waals surface area contributed by atoms with Gasteiger partial charge in [-0.05, 0) is 47.7 Å². The van der Waals surface area contributed by atoms with Crippen molar-refractivity contribution in [1.29, 1.82) is 0 Å². The van der Waals surface area contributed by atoms with Crippen LogP contribution in [0.25, 0.3) is 21.5 Å². The van der Waals surface area contributed by atoms with Crippen LogP contribution in [0.5, 0.6) is 0 Å². The molecule has 0 atom stereocenters. The largest absolute Gasteiger partial charge is 0.0875 e. The average Bonchev–Trinajstić information content (AvgIpc) is 2.46. The van der Waals surface area contributed by atoms with E-state index < -0.39 is 8.07 Å². The van der Waals surface area contributed by atoms with E-state index in [0.29, 0.717) is 5.04 Å². The molecule has 0 saturated heterocycles. The molecule has 0 spiro atoms. The Kier molecular flexibility index (Phi) is 3.73. The van der Waals surface area contributed by atoms with Crippen molar-refractivity contribution in [1.82, 2.24) is 0 Å². The molecule has 0 aliphatic carbocycles. The molecule has 3 aromatic carbocycles. The minimum Gasteiger partial charge on any atom is -0.0650 e. The number of benzene rings is 3. The van der Waals surface area contributed by atoms with Crippen LogP contribution in [0, 0.1) is 0 Å². The molecule has 0 aliphatic rings. The molecule has 0 nitrogen and oxygen atoms in total. The van der Waals surface area contributed by atoms with E-state index in [1.54, 1.807) is 5.19 Å². The molecule has 3 rings (SSSR count). The second-order valence-electron chi connectivity index (χ2n) is 7.66. The van der Waals surface area contributed by atoms with Crippen LogP contribution in [0.15, 0.2) is 53.0 Å². The molecular formula is C20H23BrSi. The van der Waals surface area contributed by atoms with E-state index in [1.165, 1.54) is 26.0 Å². The average molecular weight is 371 g/mol. The van der Waals surface area contributed by atoms with E-state index in [2.05, 4.69) is 98.3 Å². The summed E-state index contributed by atoms with van der Waals surface area (Å²) in [5.74, 6) is 0. The zero-order chi connectivity index (χ0) is 16.1. The fraction of sp³-hybridized carbons (Fsp3) is 0.300. The number of rotatable bonds is 1. The van der Waals surface area contributed by atoms with Gasteiger partial charge >= 0.3 is 0 Å². The maximum absolute atomic E-state index is 3.85. The molecule has 114 valence electrons. The highest BCUT2D eigenvalue weighted by molar-refractivity contribution is 9.10. The number of fused-ring (bicyclic) bond motifs is 2. The smallest absolute Gasteiger partial charge is 0.0650 e. The van der Waals surface area contributed by atoms with Gasteiger partial charge in [-0.1, -0.05) is 82.4 Å². The third-order valence-electron chi connectivity index (χ3n) is 5.37. The molecule has 0 aromatic heterocycles. The Balaban J connectivity index is 2.58. The Morgan fingerprint density at radius 1 is 0.727 bits per heavy atom. The van der Waals surface area contributed by atoms with Crippen molar-refractivity contribution in [3.63, 3.8) is 0 Å². The Bertz CT molecular complexity index is 800. The fourth-order valence-corrected chi connectivity index (χ4v) is 6.35. The van der Waals surface area contributed by atoms with E-state index >= 15 is 0 Å². The van der Waals surface area contributed by atoms with Gasteiger partial charge in [-0.3, -0.25) is 0 Å². The third-order valence-corrected chi connectivity index (χ3v) is 11.8. The van der Waals surface area contributed by atoms with Gasteiger partial charge in [0.2, 0.25) is 0 Å². The van der Waals surface area contributed by atoms with Crippen molar-refractivity contribution in [3.8, 4) is 0 Å². The van der Waals surface area contributed by atoms with Crippen molar-refractivity contribution in [2.24, 2.45) is 0 Å². The van der Waals surface area contributed by atoms with Crippen LogP contribution in [0.3, 0.4) is 0 Å². The summed E-state index contributed by atoms with van der Waals surface area (Å²) >= 11 is 3.85. The van der Waals surface area contributed by atoms with Gasteiger partial charge in [0, 0.05) is 4.47 Å². The van der Waals surface area contributed by atoms with Gasteiger partial charge in [-0.25, -0.2) is 0 Å². The Hall–Kier alpha value is -1.12. The summed E-state index contributed by atoms with van der Waals surface area (Å²) in [6.07, 6.45) is 0. The monoisotopic (exact) mass is 370 g/mol. The lowest BCUT2D eigenvalue weighted by Gasteiger charge is -2.39. The van der Waals surface area contributed by atoms with Gasteiger partial charge in [-0.2, -0.15) is 0 Å². The first kappa shape index (κ1) is 15.8. The molecular weight excluding hydrogens is 348 g/mol. The van der Waals surface area contributed by atoms with E-state index in [4.69, 9.17) is 0 Å². The maximum atomic E-state index is 3.85. The first-order chi connectivity index (χ1) is 10.2. The summed E-state index contributed by atoms with van der Waals surface area (Å²) in [7, 11) is -1.65. The van der Waals surface area contributed by atoms with Gasteiger partial charge in [0.1, 0.15) is 0 Å². The summed E-state index contributed by atoms with van der Waals surface area (Å²) in [4.78, 5) is 0. The SMILES string of the molecule is CC(C)(C)[Si](C)(C)c1c2ccccc2c(Br)c2ccccc12. The molecule has 0 N–H and O–H groups in total. The van der Waals surface area contributed by atoms with Crippen molar-refractivity contribution < 1.29 is 0 Å². The maximum Gasteiger partial charge on any atom is 0.0875 e. The van der Waals surface area contributed by atoms with Crippen LogP contribution in [0.1, 0.15) is 20.8 Å². The Morgan fingerprint density at radius 3 is 1.45 bits per heavy atom. The highest BCUT2D eigenvalue weighted by Gasteiger charge is 2.39. The summed E-state index contributed by atoms with van der Waals surface area (Å²) in [5, 5.41) is 7.41. The molecule has 0 aliphatic heterocycles. The van der Waals surface area contributed by atoms with E-state index in [0.717, 1.165) is 0 Å². The predicted octanol–water partition coefficient (Wildman–Crippen LogP) is 6.47. The highest BCUT2D eigenvalue weighted by Crippen LogP contribution is 2.40. The highest BCUT2D eigenvalue weighted by atomic mass is 79.9. The lowest BCUT2D eigenvalue weighted by Crippen LogP contribution is -2.50. The first-order valence-electron chi connectivity index (χ1n) is 7.84. The van der Waals surface area contributed by atoms with Crippen LogP contribution in [-0.4, -0.2) is 8.07 Å². The number of hydrogen-bond acceptors (Lipinski definition) is 0. The summed E-state index contributed by atoms with van der Waals surface area (Å²) in [6.45, 7) is 12.2. The zero-order valence-corrected chi connectivity index (χ0v) is 16.6. The quantitative estimate of drug-likeness (QED) is 0.340. The molecule has 3 aromatic rings. The van der Waals surface area contributed by atoms with Crippen LogP contribution in [-0.2, 0) is 0 Å². The van der Waals surface area contributed by atoms with Crippen LogP contribution in [0.2, 0.25) is 18.1 Å². The molecule has 2 heteroatoms. The molecule has 0 fully saturated rings. The van der Waals surface area contributed by atoms with Crippen molar-refractivity contribution in [2.75, 3.05) is 0 Å². The second kappa shape index (κ2) is 5.21. The summed E-state index contributed by atoms with van der Waals surface area (Å²) in [5.41, 5.74) is 0. The normalized spacial score (nSPS) is 13.0. The van der Waals surface area contributed by atoms with Gasteiger partial charge in [0.25, 0.3) is 0 Å². The van der Waals surface area contributed by atoms with Crippen LogP contribution < -0.4 is 5.19 Å². The number of hydrogen-bond donors (Lipinski definition) is 0. The van der Waals surface area contributed by atoms with Gasteiger partial charge in [-0.15, -0.1) is 0 Å². The van der Waals surface area contributed by atoms with Crippen molar-refractivity contribution in [2.45, 2.75) is 38.9 Å². The molecule has 0 unspecified atom stereocenters. The van der Waals surface area contributed by atoms with Gasteiger partial charge in [0.15, 0.2) is 0 Å². The molecule has 0 saturated carbocycles. The third kappa shape index (κ3) is 2.24. The van der Waals surface area contributed by atoms with Crippen LogP contribution >= 0.6 is 15.9 Å². The van der Waals surface area contributed by atoms with Crippen LogP contribution in [0.4, 0.5) is 0 Å². The second-order valence-corrected chi connectivity index (χ2v) is 13.7. The summed E-state index contributed by atoms with van der Waals surface area (Å²) in [6, 6.07) is 17.7. The minimum absolute atomic E-state index is 0.312. The lowest BCUT2D eigenvalue weighted by atomic mass is 10.0. The molecule has 0 bridgehead atoms.